The zero-order valence-corrected chi connectivity index (χ0v) is 21.9. The molecule has 0 spiro atoms. The summed E-state index contributed by atoms with van der Waals surface area (Å²) in [6, 6.07) is 13.6. The summed E-state index contributed by atoms with van der Waals surface area (Å²) in [7, 11) is -6.78. The molecule has 0 aliphatic heterocycles. The molecule has 0 bridgehead atoms. The third-order valence-electron chi connectivity index (χ3n) is 5.44. The van der Waals surface area contributed by atoms with Crippen LogP contribution in [0, 0.1) is 6.92 Å². The minimum atomic E-state index is -3.56. The summed E-state index contributed by atoms with van der Waals surface area (Å²) in [5.41, 5.74) is 3.14. The Balaban J connectivity index is 1.40. The standard InChI is InChI=1S/C24H30N6O4S2/c1-16(2)30-36(33,34)22-10-8-20(9-11-22)28-24-25-14-17(3)23(29-24)27-19-6-4-18(5-7-19)15-26-35(31,32)21-12-13-21/h4-11,14,16,21,26,30H,12-13,15H2,1-3H3,(H2,25,27,28,29). The first-order valence-corrected chi connectivity index (χ1v) is 14.6. The number of aryl methyl sites for hydroxylation is 1. The zero-order chi connectivity index (χ0) is 25.9. The van der Waals surface area contributed by atoms with Crippen LogP contribution in [0.5, 0.6) is 0 Å². The highest BCUT2D eigenvalue weighted by Gasteiger charge is 2.35. The van der Waals surface area contributed by atoms with Gasteiger partial charge in [-0.25, -0.2) is 31.3 Å². The Labute approximate surface area is 212 Å². The maximum absolute atomic E-state index is 12.3. The van der Waals surface area contributed by atoms with Gasteiger partial charge in [-0.2, -0.15) is 4.98 Å². The van der Waals surface area contributed by atoms with Crippen LogP contribution in [0.2, 0.25) is 0 Å². The third kappa shape index (κ3) is 6.78. The van der Waals surface area contributed by atoms with E-state index in [1.807, 2.05) is 31.2 Å². The molecule has 1 fully saturated rings. The van der Waals surface area contributed by atoms with Crippen molar-refractivity contribution in [2.75, 3.05) is 10.6 Å². The lowest BCUT2D eigenvalue weighted by Crippen LogP contribution is -2.30. The first kappa shape index (κ1) is 26.0. The third-order valence-corrected chi connectivity index (χ3v) is 9.01. The fraction of sp³-hybridized carbons (Fsp3) is 0.333. The van der Waals surface area contributed by atoms with Gasteiger partial charge in [-0.15, -0.1) is 0 Å². The van der Waals surface area contributed by atoms with Gasteiger partial charge in [0, 0.05) is 35.7 Å². The van der Waals surface area contributed by atoms with Crippen LogP contribution in [0.25, 0.3) is 0 Å². The SMILES string of the molecule is Cc1cnc(Nc2ccc(S(=O)(=O)NC(C)C)cc2)nc1Nc1ccc(CNS(=O)(=O)C2CC2)cc1. The molecule has 0 unspecified atom stereocenters. The molecule has 10 nitrogen and oxygen atoms in total. The predicted molar refractivity (Wildman–Crippen MR) is 140 cm³/mol. The van der Waals surface area contributed by atoms with Crippen molar-refractivity contribution in [2.24, 2.45) is 0 Å². The van der Waals surface area contributed by atoms with Gasteiger partial charge in [0.05, 0.1) is 10.1 Å². The Morgan fingerprint density at radius 2 is 1.53 bits per heavy atom. The van der Waals surface area contributed by atoms with Crippen molar-refractivity contribution in [3.05, 3.63) is 65.9 Å². The molecule has 1 saturated carbocycles. The first-order chi connectivity index (χ1) is 17.0. The second kappa shape index (κ2) is 10.5. The van der Waals surface area contributed by atoms with Gasteiger partial charge in [0.15, 0.2) is 0 Å². The molecular weight excluding hydrogens is 500 g/mol. The number of anilines is 4. The van der Waals surface area contributed by atoms with E-state index in [0.717, 1.165) is 29.7 Å². The quantitative estimate of drug-likeness (QED) is 0.295. The highest BCUT2D eigenvalue weighted by atomic mass is 32.2. The molecule has 2 aromatic carbocycles. The smallest absolute Gasteiger partial charge is 0.240 e. The summed E-state index contributed by atoms with van der Waals surface area (Å²) < 4.78 is 53.8. The second-order valence-corrected chi connectivity index (χ2v) is 12.8. The van der Waals surface area contributed by atoms with Crippen molar-refractivity contribution in [3.63, 3.8) is 0 Å². The molecular formula is C24H30N6O4S2. The summed E-state index contributed by atoms with van der Waals surface area (Å²) in [5.74, 6) is 0.958. The van der Waals surface area contributed by atoms with E-state index in [1.54, 1.807) is 32.2 Å². The van der Waals surface area contributed by atoms with Gasteiger partial charge in [-0.1, -0.05) is 12.1 Å². The lowest BCUT2D eigenvalue weighted by Gasteiger charge is -2.12. The number of nitrogens with zero attached hydrogens (tertiary/aromatic N) is 2. The molecule has 4 N–H and O–H groups in total. The monoisotopic (exact) mass is 530 g/mol. The van der Waals surface area contributed by atoms with Crippen molar-refractivity contribution in [2.45, 2.75) is 56.3 Å². The summed E-state index contributed by atoms with van der Waals surface area (Å²) in [6.07, 6.45) is 3.15. The molecule has 0 amide bonds. The maximum atomic E-state index is 12.3. The van der Waals surface area contributed by atoms with Gasteiger partial charge in [0.25, 0.3) is 0 Å². The van der Waals surface area contributed by atoms with Gasteiger partial charge in [0.1, 0.15) is 5.82 Å². The van der Waals surface area contributed by atoms with Gasteiger partial charge >= 0.3 is 0 Å². The number of rotatable bonds is 11. The summed E-state index contributed by atoms with van der Waals surface area (Å²) >= 11 is 0. The topological polar surface area (TPSA) is 142 Å². The molecule has 1 aliphatic carbocycles. The van der Waals surface area contributed by atoms with Crippen LogP contribution in [0.15, 0.2) is 59.6 Å². The molecule has 1 heterocycles. The summed E-state index contributed by atoms with van der Waals surface area (Å²) in [5, 5.41) is 6.10. The average Bonchev–Trinajstić information content (AvgIpc) is 3.67. The molecule has 1 aliphatic rings. The average molecular weight is 531 g/mol. The zero-order valence-electron chi connectivity index (χ0n) is 20.3. The Morgan fingerprint density at radius 1 is 0.917 bits per heavy atom. The highest BCUT2D eigenvalue weighted by molar-refractivity contribution is 7.90. The van der Waals surface area contributed by atoms with E-state index in [4.69, 9.17) is 0 Å². The molecule has 1 aromatic heterocycles. The van der Waals surface area contributed by atoms with E-state index in [9.17, 15) is 16.8 Å². The molecule has 36 heavy (non-hydrogen) atoms. The fourth-order valence-electron chi connectivity index (χ4n) is 3.38. The molecule has 4 rings (SSSR count). The van der Waals surface area contributed by atoms with Crippen LogP contribution in [0.3, 0.4) is 0 Å². The van der Waals surface area contributed by atoms with Crippen molar-refractivity contribution in [3.8, 4) is 0 Å². The van der Waals surface area contributed by atoms with Crippen LogP contribution in [0.1, 0.15) is 37.8 Å². The van der Waals surface area contributed by atoms with Crippen LogP contribution in [-0.4, -0.2) is 38.1 Å². The van der Waals surface area contributed by atoms with E-state index in [1.165, 1.54) is 12.1 Å². The van der Waals surface area contributed by atoms with Crippen LogP contribution in [-0.2, 0) is 26.6 Å². The molecule has 0 radical (unpaired) electrons. The molecule has 192 valence electrons. The Kier molecular flexibility index (Phi) is 7.59. The van der Waals surface area contributed by atoms with E-state index in [0.29, 0.717) is 17.5 Å². The van der Waals surface area contributed by atoms with Crippen LogP contribution >= 0.6 is 0 Å². The fourth-order valence-corrected chi connectivity index (χ4v) is 5.99. The minimum absolute atomic E-state index is 0.178. The molecule has 12 heteroatoms. The lowest BCUT2D eigenvalue weighted by molar-refractivity contribution is 0.569. The van der Waals surface area contributed by atoms with E-state index in [2.05, 4.69) is 30.0 Å². The number of benzene rings is 2. The lowest BCUT2D eigenvalue weighted by atomic mass is 10.2. The molecule has 0 saturated heterocycles. The van der Waals surface area contributed by atoms with Gasteiger partial charge < -0.3 is 10.6 Å². The Morgan fingerprint density at radius 3 is 2.14 bits per heavy atom. The Bertz CT molecular complexity index is 1420. The summed E-state index contributed by atoms with van der Waals surface area (Å²) in [4.78, 5) is 9.02. The number of hydrogen-bond donors (Lipinski definition) is 4. The van der Waals surface area contributed by atoms with Gasteiger partial charge in [-0.05, 0) is 75.6 Å². The van der Waals surface area contributed by atoms with E-state index in [-0.39, 0.29) is 22.7 Å². The number of sulfonamides is 2. The number of aromatic nitrogens is 2. The Hall–Kier alpha value is -3.06. The molecule has 3 aromatic rings. The predicted octanol–water partition coefficient (Wildman–Crippen LogP) is 3.54. The van der Waals surface area contributed by atoms with Crippen LogP contribution < -0.4 is 20.1 Å². The van der Waals surface area contributed by atoms with Crippen molar-refractivity contribution in [1.29, 1.82) is 0 Å². The molecule has 0 atom stereocenters. The number of nitrogens with one attached hydrogen (secondary N) is 4. The van der Waals surface area contributed by atoms with Crippen molar-refractivity contribution in [1.82, 2.24) is 19.4 Å². The second-order valence-electron chi connectivity index (χ2n) is 9.04. The van der Waals surface area contributed by atoms with Crippen molar-refractivity contribution < 1.29 is 16.8 Å². The van der Waals surface area contributed by atoms with E-state index < -0.39 is 20.0 Å². The normalized spacial score (nSPS) is 14.1. The van der Waals surface area contributed by atoms with Crippen molar-refractivity contribution >= 4 is 43.2 Å². The first-order valence-electron chi connectivity index (χ1n) is 11.6. The van der Waals surface area contributed by atoms with Gasteiger partial charge in [0.2, 0.25) is 26.0 Å². The largest absolute Gasteiger partial charge is 0.340 e. The number of hydrogen-bond acceptors (Lipinski definition) is 8. The minimum Gasteiger partial charge on any atom is -0.340 e. The van der Waals surface area contributed by atoms with Crippen LogP contribution in [0.4, 0.5) is 23.1 Å². The summed E-state index contributed by atoms with van der Waals surface area (Å²) in [6.45, 7) is 5.67. The highest BCUT2D eigenvalue weighted by Crippen LogP contribution is 2.27. The van der Waals surface area contributed by atoms with E-state index >= 15 is 0 Å². The maximum Gasteiger partial charge on any atom is 0.240 e. The van der Waals surface area contributed by atoms with Gasteiger partial charge in [-0.3, -0.25) is 0 Å².